The van der Waals surface area contributed by atoms with Crippen molar-refractivity contribution in [1.82, 2.24) is 24.3 Å². The Morgan fingerprint density at radius 1 is 0.923 bits per heavy atom. The van der Waals surface area contributed by atoms with Crippen molar-refractivity contribution in [2.45, 2.75) is 13.1 Å². The molecule has 4 aromatic heterocycles. The minimum Gasteiger partial charge on any atom is -0.473 e. The Balaban J connectivity index is 0.000000531. The van der Waals surface area contributed by atoms with E-state index >= 15 is 0 Å². The molecule has 5 aromatic rings. The molecule has 4 heterocycles. The Bertz CT molecular complexity index is 1790. The van der Waals surface area contributed by atoms with Gasteiger partial charge in [0.15, 0.2) is 0 Å². The summed E-state index contributed by atoms with van der Waals surface area (Å²) in [6.07, 6.45) is 4.97. The first-order chi connectivity index (χ1) is 18.8. The molecule has 5 rings (SSSR count). The number of rotatable bonds is 5. The quantitative estimate of drug-likeness (QED) is 0.197. The molecule has 39 heavy (non-hydrogen) atoms. The van der Waals surface area contributed by atoms with Crippen LogP contribution in [0.25, 0.3) is 16.7 Å². The molecule has 0 bridgehead atoms. The molecule has 196 valence electrons. The van der Waals surface area contributed by atoms with Gasteiger partial charge in [-0.15, -0.1) is 0 Å². The number of aliphatic carboxylic acids is 2. The highest BCUT2D eigenvalue weighted by Crippen LogP contribution is 2.12. The third-order valence-electron chi connectivity index (χ3n) is 5.61. The Morgan fingerprint density at radius 3 is 2.28 bits per heavy atom. The summed E-state index contributed by atoms with van der Waals surface area (Å²) in [6.45, 7) is 0.563. The average molecular weight is 527 g/mol. The molecular weight excluding hydrogens is 504 g/mol. The van der Waals surface area contributed by atoms with Gasteiger partial charge in [-0.3, -0.25) is 24.4 Å². The Labute approximate surface area is 220 Å². The largest absolute Gasteiger partial charge is 0.473 e. The number of carboxylic acid groups (broad SMARTS) is 2. The van der Waals surface area contributed by atoms with E-state index in [9.17, 15) is 9.59 Å². The predicted octanol–water partition coefficient (Wildman–Crippen LogP) is 1.66. The van der Waals surface area contributed by atoms with E-state index in [2.05, 4.69) is 15.3 Å². The molecule has 0 unspecified atom stereocenters. The van der Waals surface area contributed by atoms with Crippen molar-refractivity contribution in [2.24, 2.45) is 0 Å². The van der Waals surface area contributed by atoms with E-state index in [1.165, 1.54) is 10.5 Å². The first-order valence-corrected chi connectivity index (χ1v) is 11.5. The van der Waals surface area contributed by atoms with Crippen LogP contribution in [0.4, 0.5) is 0 Å². The third-order valence-corrected chi connectivity index (χ3v) is 5.61. The molecule has 0 fully saturated rings. The third kappa shape index (κ3) is 6.02. The summed E-state index contributed by atoms with van der Waals surface area (Å²) >= 11 is 0. The van der Waals surface area contributed by atoms with Crippen LogP contribution in [0.5, 0.6) is 0 Å². The molecule has 12 heteroatoms. The number of aromatic nitrogens is 4. The van der Waals surface area contributed by atoms with E-state index in [-0.39, 0.29) is 28.5 Å². The molecule has 12 nitrogen and oxygen atoms in total. The SMILES string of the molecule is N=c1c(C(=O)NCc2cccnc2)cc2c(=O)n3ccccc3nc2n1Cc1ccccc1.O=C(O)C(=O)O. The van der Waals surface area contributed by atoms with E-state index in [1.54, 1.807) is 47.4 Å². The molecule has 1 aromatic carbocycles. The van der Waals surface area contributed by atoms with Crippen molar-refractivity contribution in [2.75, 3.05) is 0 Å². The zero-order valence-electron chi connectivity index (χ0n) is 20.3. The van der Waals surface area contributed by atoms with Gasteiger partial charge in [-0.2, -0.15) is 0 Å². The number of fused-ring (bicyclic) bond motifs is 2. The number of amides is 1. The zero-order chi connectivity index (χ0) is 27.9. The van der Waals surface area contributed by atoms with E-state index in [1.807, 2.05) is 36.4 Å². The number of nitrogens with zero attached hydrogens (tertiary/aromatic N) is 4. The molecule has 0 spiro atoms. The second kappa shape index (κ2) is 11.6. The lowest BCUT2D eigenvalue weighted by molar-refractivity contribution is -0.159. The van der Waals surface area contributed by atoms with Crippen molar-refractivity contribution in [3.8, 4) is 0 Å². The minimum atomic E-state index is -1.82. The number of hydrogen-bond donors (Lipinski definition) is 4. The smallest absolute Gasteiger partial charge is 0.414 e. The van der Waals surface area contributed by atoms with Crippen LogP contribution in [0, 0.1) is 5.41 Å². The number of pyridine rings is 3. The van der Waals surface area contributed by atoms with E-state index in [0.29, 0.717) is 17.8 Å². The fourth-order valence-electron chi connectivity index (χ4n) is 3.76. The molecule has 0 aliphatic rings. The molecule has 4 N–H and O–H groups in total. The van der Waals surface area contributed by atoms with Crippen LogP contribution in [0.1, 0.15) is 21.5 Å². The lowest BCUT2D eigenvalue weighted by Gasteiger charge is -2.15. The van der Waals surface area contributed by atoms with Crippen molar-refractivity contribution >= 4 is 34.5 Å². The van der Waals surface area contributed by atoms with Crippen LogP contribution in [0.3, 0.4) is 0 Å². The van der Waals surface area contributed by atoms with Gasteiger partial charge >= 0.3 is 11.9 Å². The highest BCUT2D eigenvalue weighted by Gasteiger charge is 2.17. The van der Waals surface area contributed by atoms with Gasteiger partial charge in [0.1, 0.15) is 16.8 Å². The Kier molecular flexibility index (Phi) is 7.86. The van der Waals surface area contributed by atoms with Crippen molar-refractivity contribution in [3.05, 3.63) is 118 Å². The Morgan fingerprint density at radius 2 is 1.62 bits per heavy atom. The van der Waals surface area contributed by atoms with Gasteiger partial charge in [-0.1, -0.05) is 42.5 Å². The van der Waals surface area contributed by atoms with Gasteiger partial charge in [0.2, 0.25) is 0 Å². The summed E-state index contributed by atoms with van der Waals surface area (Å²) in [7, 11) is 0. The number of hydrogen-bond acceptors (Lipinski definition) is 7. The second-order valence-electron chi connectivity index (χ2n) is 8.22. The summed E-state index contributed by atoms with van der Waals surface area (Å²) in [5.74, 6) is -4.09. The van der Waals surface area contributed by atoms with Gasteiger partial charge in [-0.05, 0) is 35.4 Å². The highest BCUT2D eigenvalue weighted by atomic mass is 16.4. The first-order valence-electron chi connectivity index (χ1n) is 11.5. The van der Waals surface area contributed by atoms with Crippen LogP contribution >= 0.6 is 0 Å². The van der Waals surface area contributed by atoms with Gasteiger partial charge in [0.25, 0.3) is 11.5 Å². The monoisotopic (exact) mass is 526 g/mol. The van der Waals surface area contributed by atoms with Gasteiger partial charge in [-0.25, -0.2) is 14.6 Å². The minimum absolute atomic E-state index is 0.0118. The van der Waals surface area contributed by atoms with E-state index < -0.39 is 17.8 Å². The van der Waals surface area contributed by atoms with Crippen molar-refractivity contribution in [3.63, 3.8) is 0 Å². The fraction of sp³-hybridized carbons (Fsp3) is 0.0741. The predicted molar refractivity (Wildman–Crippen MR) is 139 cm³/mol. The van der Waals surface area contributed by atoms with Crippen LogP contribution in [-0.2, 0) is 22.7 Å². The lowest BCUT2D eigenvalue weighted by Crippen LogP contribution is -2.35. The number of carbonyl (C=O) groups is 3. The van der Waals surface area contributed by atoms with Gasteiger partial charge in [0, 0.05) is 25.1 Å². The van der Waals surface area contributed by atoms with Gasteiger partial charge in [0.05, 0.1) is 17.5 Å². The lowest BCUT2D eigenvalue weighted by atomic mass is 10.1. The molecule has 1 amide bonds. The number of carboxylic acids is 2. The Hall–Kier alpha value is -5.65. The molecule has 0 aliphatic carbocycles. The first kappa shape index (κ1) is 26.4. The molecule has 0 saturated heterocycles. The summed E-state index contributed by atoms with van der Waals surface area (Å²) in [5.41, 5.74) is 2.41. The molecular formula is C27H22N6O6. The number of carbonyl (C=O) groups excluding carboxylic acids is 1. The molecule has 0 radical (unpaired) electrons. The van der Waals surface area contributed by atoms with Crippen LogP contribution in [0.2, 0.25) is 0 Å². The van der Waals surface area contributed by atoms with E-state index in [0.717, 1.165) is 11.1 Å². The normalized spacial score (nSPS) is 10.5. The maximum absolute atomic E-state index is 13.3. The molecule has 0 saturated carbocycles. The van der Waals surface area contributed by atoms with Crippen molar-refractivity contribution in [1.29, 1.82) is 5.41 Å². The maximum Gasteiger partial charge on any atom is 0.414 e. The topological polar surface area (TPSA) is 180 Å². The maximum atomic E-state index is 13.3. The highest BCUT2D eigenvalue weighted by molar-refractivity contribution is 6.27. The van der Waals surface area contributed by atoms with Crippen LogP contribution in [-0.4, -0.2) is 47.0 Å². The second-order valence-corrected chi connectivity index (χ2v) is 8.22. The zero-order valence-corrected chi connectivity index (χ0v) is 20.3. The summed E-state index contributed by atoms with van der Waals surface area (Å²) in [6, 6.07) is 20.0. The molecule has 0 atom stereocenters. The summed E-state index contributed by atoms with van der Waals surface area (Å²) < 4.78 is 3.05. The van der Waals surface area contributed by atoms with Crippen LogP contribution < -0.4 is 16.4 Å². The van der Waals surface area contributed by atoms with E-state index in [4.69, 9.17) is 25.2 Å². The number of nitrogens with one attached hydrogen (secondary N) is 2. The average Bonchev–Trinajstić information content (AvgIpc) is 2.95. The fourth-order valence-corrected chi connectivity index (χ4v) is 3.76. The van der Waals surface area contributed by atoms with Crippen LogP contribution in [0.15, 0.2) is 90.1 Å². The standard InChI is InChI=1S/C25H20N6O2.C2H2O4/c26-22-19(24(32)28-15-18-9-6-11-27-14-18)13-20-23(31(22)16-17-7-2-1-3-8-17)29-21-10-4-5-12-30(21)25(20)33;3-1(4)2(5)6/h1-14,26H,15-16H2,(H,28,32);(H,3,4)(H,5,6). The van der Waals surface area contributed by atoms with Gasteiger partial charge < -0.3 is 20.1 Å². The van der Waals surface area contributed by atoms with Crippen molar-refractivity contribution < 1.29 is 24.6 Å². The molecule has 0 aliphatic heterocycles. The number of benzene rings is 1. The summed E-state index contributed by atoms with van der Waals surface area (Å²) in [5, 5.41) is 26.7. The summed E-state index contributed by atoms with van der Waals surface area (Å²) in [4.78, 5) is 53.2.